The van der Waals surface area contributed by atoms with Crippen LogP contribution in [0.25, 0.3) is 10.8 Å². The van der Waals surface area contributed by atoms with Gasteiger partial charge < -0.3 is 10.6 Å². The monoisotopic (exact) mass is 272 g/mol. The van der Waals surface area contributed by atoms with Crippen LogP contribution in [0.2, 0.25) is 0 Å². The molecule has 0 fully saturated rings. The van der Waals surface area contributed by atoms with Crippen molar-refractivity contribution in [1.29, 1.82) is 0 Å². The highest BCUT2D eigenvalue weighted by atomic mass is 15.3. The van der Waals surface area contributed by atoms with E-state index in [1.165, 1.54) is 5.39 Å². The van der Waals surface area contributed by atoms with Gasteiger partial charge in [-0.1, -0.05) is 38.1 Å². The van der Waals surface area contributed by atoms with Gasteiger partial charge in [-0.05, 0) is 25.8 Å². The van der Waals surface area contributed by atoms with Gasteiger partial charge in [-0.3, -0.25) is 0 Å². The highest BCUT2D eigenvalue weighted by Crippen LogP contribution is 2.27. The molecule has 2 rings (SSSR count). The summed E-state index contributed by atoms with van der Waals surface area (Å²) in [5.74, 6) is 0.954. The molecule has 2 N–H and O–H groups in total. The van der Waals surface area contributed by atoms with E-state index in [1.807, 2.05) is 13.0 Å². The maximum Gasteiger partial charge on any atom is 0.159 e. The summed E-state index contributed by atoms with van der Waals surface area (Å²) in [5, 5.41) is 11.1. The minimum atomic E-state index is 0.0592. The maximum atomic E-state index is 5.86. The maximum absolute atomic E-state index is 5.86. The van der Waals surface area contributed by atoms with Gasteiger partial charge in [0.25, 0.3) is 0 Å². The third kappa shape index (κ3) is 2.90. The van der Waals surface area contributed by atoms with Gasteiger partial charge >= 0.3 is 0 Å². The number of rotatable bonds is 5. The minimum Gasteiger partial charge on any atom is -0.354 e. The minimum absolute atomic E-state index is 0.0592. The number of fused-ring (bicyclic) bond motifs is 1. The van der Waals surface area contributed by atoms with E-state index in [4.69, 9.17) is 5.73 Å². The van der Waals surface area contributed by atoms with E-state index >= 15 is 0 Å². The zero-order chi connectivity index (χ0) is 14.8. The van der Waals surface area contributed by atoms with Crippen LogP contribution in [0.1, 0.15) is 26.5 Å². The summed E-state index contributed by atoms with van der Waals surface area (Å²) in [4.78, 5) is 2.27. The van der Waals surface area contributed by atoms with Crippen molar-refractivity contribution in [3.05, 3.63) is 30.0 Å². The number of aryl methyl sites for hydroxylation is 1. The van der Waals surface area contributed by atoms with Gasteiger partial charge in [-0.25, -0.2) is 0 Å². The van der Waals surface area contributed by atoms with Crippen LogP contribution in [0, 0.1) is 12.3 Å². The van der Waals surface area contributed by atoms with Crippen LogP contribution >= 0.6 is 0 Å². The quantitative estimate of drug-likeness (QED) is 0.909. The predicted octanol–water partition coefficient (Wildman–Crippen LogP) is 2.75. The van der Waals surface area contributed by atoms with Crippen molar-refractivity contribution in [3.8, 4) is 0 Å². The lowest BCUT2D eigenvalue weighted by Gasteiger charge is -2.32. The van der Waals surface area contributed by atoms with E-state index in [-0.39, 0.29) is 5.41 Å². The van der Waals surface area contributed by atoms with E-state index in [1.54, 1.807) is 0 Å². The third-order valence-corrected chi connectivity index (χ3v) is 3.71. The molecule has 0 amide bonds. The average molecular weight is 272 g/mol. The van der Waals surface area contributed by atoms with Gasteiger partial charge in [0.1, 0.15) is 0 Å². The fraction of sp³-hybridized carbons (Fsp3) is 0.500. The van der Waals surface area contributed by atoms with Crippen molar-refractivity contribution in [3.63, 3.8) is 0 Å². The topological polar surface area (TPSA) is 55.0 Å². The smallest absolute Gasteiger partial charge is 0.159 e. The van der Waals surface area contributed by atoms with Crippen molar-refractivity contribution in [2.24, 2.45) is 11.1 Å². The number of aromatic nitrogens is 2. The van der Waals surface area contributed by atoms with E-state index in [0.717, 1.165) is 30.0 Å². The first-order valence-electron chi connectivity index (χ1n) is 7.15. The Balaban J connectivity index is 2.48. The molecule has 0 spiro atoms. The summed E-state index contributed by atoms with van der Waals surface area (Å²) in [6, 6.07) is 8.31. The molecular formula is C16H24N4. The zero-order valence-corrected chi connectivity index (χ0v) is 12.8. The summed E-state index contributed by atoms with van der Waals surface area (Å²) < 4.78 is 0. The molecule has 0 aliphatic heterocycles. The number of hydrogen-bond acceptors (Lipinski definition) is 4. The lowest BCUT2D eigenvalue weighted by atomic mass is 9.93. The van der Waals surface area contributed by atoms with Crippen molar-refractivity contribution in [1.82, 2.24) is 10.2 Å². The average Bonchev–Trinajstić information content (AvgIpc) is 2.46. The van der Waals surface area contributed by atoms with Gasteiger partial charge in [0.2, 0.25) is 0 Å². The zero-order valence-electron chi connectivity index (χ0n) is 12.8. The molecule has 4 nitrogen and oxygen atoms in total. The van der Waals surface area contributed by atoms with Gasteiger partial charge in [0.05, 0.1) is 5.69 Å². The Morgan fingerprint density at radius 2 is 1.80 bits per heavy atom. The predicted molar refractivity (Wildman–Crippen MR) is 85.0 cm³/mol. The fourth-order valence-electron chi connectivity index (χ4n) is 2.37. The Hall–Kier alpha value is -1.68. The number of nitrogens with zero attached hydrogens (tertiary/aromatic N) is 3. The molecule has 108 valence electrons. The molecule has 1 aromatic heterocycles. The molecule has 0 atom stereocenters. The summed E-state index contributed by atoms with van der Waals surface area (Å²) in [6.45, 7) is 10.9. The molecule has 0 bridgehead atoms. The first kappa shape index (κ1) is 14.7. The SMILES string of the molecule is CCN(CC(C)(C)CN)c1nnc(C)c2ccccc12. The first-order valence-corrected chi connectivity index (χ1v) is 7.15. The second-order valence-electron chi connectivity index (χ2n) is 6.04. The molecule has 0 saturated carbocycles. The Morgan fingerprint density at radius 3 is 2.40 bits per heavy atom. The fourth-order valence-corrected chi connectivity index (χ4v) is 2.37. The normalized spacial score (nSPS) is 11.8. The van der Waals surface area contributed by atoms with Crippen LogP contribution in [-0.2, 0) is 0 Å². The van der Waals surface area contributed by atoms with Gasteiger partial charge in [-0.15, -0.1) is 5.10 Å². The van der Waals surface area contributed by atoms with E-state index < -0.39 is 0 Å². The second kappa shape index (κ2) is 5.75. The Labute approximate surface area is 121 Å². The van der Waals surface area contributed by atoms with Crippen molar-refractivity contribution in [2.75, 3.05) is 24.5 Å². The highest BCUT2D eigenvalue weighted by molar-refractivity contribution is 5.93. The lowest BCUT2D eigenvalue weighted by Crippen LogP contribution is -2.39. The molecule has 20 heavy (non-hydrogen) atoms. The van der Waals surface area contributed by atoms with Crippen LogP contribution < -0.4 is 10.6 Å². The molecular weight excluding hydrogens is 248 g/mol. The summed E-state index contributed by atoms with van der Waals surface area (Å²) in [6.07, 6.45) is 0. The summed E-state index contributed by atoms with van der Waals surface area (Å²) in [7, 11) is 0. The van der Waals surface area contributed by atoms with E-state index in [9.17, 15) is 0 Å². The molecule has 4 heteroatoms. The molecule has 2 aromatic rings. The molecule has 0 unspecified atom stereocenters. The lowest BCUT2D eigenvalue weighted by molar-refractivity contribution is 0.379. The number of anilines is 1. The molecule has 0 radical (unpaired) electrons. The number of hydrogen-bond donors (Lipinski definition) is 1. The third-order valence-electron chi connectivity index (χ3n) is 3.71. The number of benzene rings is 1. The van der Waals surface area contributed by atoms with Crippen LogP contribution in [0.5, 0.6) is 0 Å². The van der Waals surface area contributed by atoms with Gasteiger partial charge in [0, 0.05) is 23.9 Å². The summed E-state index contributed by atoms with van der Waals surface area (Å²) >= 11 is 0. The molecule has 1 aromatic carbocycles. The van der Waals surface area contributed by atoms with Crippen molar-refractivity contribution < 1.29 is 0 Å². The highest BCUT2D eigenvalue weighted by Gasteiger charge is 2.22. The summed E-state index contributed by atoms with van der Waals surface area (Å²) in [5.41, 5.74) is 6.89. The Morgan fingerprint density at radius 1 is 1.15 bits per heavy atom. The van der Waals surface area contributed by atoms with Crippen LogP contribution in [0.4, 0.5) is 5.82 Å². The standard InChI is InChI=1S/C16H24N4/c1-5-20(11-16(3,4)10-17)15-14-9-7-6-8-13(14)12(2)18-19-15/h6-9H,5,10-11,17H2,1-4H3. The number of nitrogens with two attached hydrogens (primary N) is 1. The second-order valence-corrected chi connectivity index (χ2v) is 6.04. The van der Waals surface area contributed by atoms with Crippen molar-refractivity contribution >= 4 is 16.6 Å². The first-order chi connectivity index (χ1) is 9.48. The Bertz CT molecular complexity index is 592. The largest absolute Gasteiger partial charge is 0.354 e. The van der Waals surface area contributed by atoms with Crippen LogP contribution in [0.3, 0.4) is 0 Å². The Kier molecular flexibility index (Phi) is 4.23. The van der Waals surface area contributed by atoms with Gasteiger partial charge in [-0.2, -0.15) is 5.10 Å². The molecule has 0 aliphatic carbocycles. The van der Waals surface area contributed by atoms with Crippen LogP contribution in [0.15, 0.2) is 24.3 Å². The van der Waals surface area contributed by atoms with E-state index in [2.05, 4.69) is 54.1 Å². The van der Waals surface area contributed by atoms with Crippen molar-refractivity contribution in [2.45, 2.75) is 27.7 Å². The molecule has 0 saturated heterocycles. The molecule has 1 heterocycles. The van der Waals surface area contributed by atoms with Gasteiger partial charge in [0.15, 0.2) is 5.82 Å². The molecule has 0 aliphatic rings. The van der Waals surface area contributed by atoms with Crippen LogP contribution in [-0.4, -0.2) is 29.8 Å². The van der Waals surface area contributed by atoms with E-state index in [0.29, 0.717) is 6.54 Å².